The summed E-state index contributed by atoms with van der Waals surface area (Å²) in [6, 6.07) is 8.08. The molecular weight excluding hydrogens is 311 g/mol. The fraction of sp³-hybridized carbons (Fsp3) is 0.353. The highest BCUT2D eigenvalue weighted by Gasteiger charge is 2.23. The van der Waals surface area contributed by atoms with Gasteiger partial charge in [-0.05, 0) is 17.7 Å². The van der Waals surface area contributed by atoms with Crippen LogP contribution < -0.4 is 16.6 Å². The summed E-state index contributed by atoms with van der Waals surface area (Å²) >= 11 is 0. The highest BCUT2D eigenvalue weighted by Crippen LogP contribution is 2.24. The molecule has 0 unspecified atom stereocenters. The third kappa shape index (κ3) is 3.08. The molecule has 6 nitrogen and oxygen atoms in total. The lowest BCUT2D eigenvalue weighted by Crippen LogP contribution is -2.41. The van der Waals surface area contributed by atoms with E-state index in [1.807, 2.05) is 19.9 Å². The molecular formula is C17H19FN4O2. The van der Waals surface area contributed by atoms with Crippen LogP contribution in [0.5, 0.6) is 0 Å². The molecule has 0 fully saturated rings. The Morgan fingerprint density at radius 1 is 1.25 bits per heavy atom. The van der Waals surface area contributed by atoms with E-state index in [0.717, 1.165) is 10.1 Å². The molecule has 0 aliphatic rings. The number of aromatic nitrogens is 2. The number of hydrogen-bond acceptors (Lipinski definition) is 4. The Bertz CT molecular complexity index is 935. The number of benzene rings is 1. The Balaban J connectivity index is 2.41. The Kier molecular flexibility index (Phi) is 4.60. The number of rotatable bonds is 4. The van der Waals surface area contributed by atoms with Crippen molar-refractivity contribution in [3.05, 3.63) is 62.0 Å². The second kappa shape index (κ2) is 6.32. The van der Waals surface area contributed by atoms with Crippen molar-refractivity contribution in [1.82, 2.24) is 9.13 Å². The van der Waals surface area contributed by atoms with Gasteiger partial charge >= 0.3 is 5.69 Å². The lowest BCUT2D eigenvalue weighted by Gasteiger charge is -2.27. The average Bonchev–Trinajstić information content (AvgIpc) is 2.55. The molecule has 0 aliphatic heterocycles. The first-order chi connectivity index (χ1) is 11.2. The number of hydrogen-bond donors (Lipinski definition) is 1. The molecule has 0 amide bonds. The van der Waals surface area contributed by atoms with Crippen LogP contribution in [0.1, 0.15) is 25.0 Å². The molecule has 24 heavy (non-hydrogen) atoms. The number of anilines is 1. The predicted molar refractivity (Wildman–Crippen MR) is 89.6 cm³/mol. The minimum Gasteiger partial charge on any atom is -0.369 e. The standard InChI is InChI=1S/C17H19FN4O2/c1-17(2,11-6-5-7-12(18)8-11)10-20-14-13(9-19)15(23)22(4)16(24)21(14)3/h5-8,20H,10H2,1-4H3. The zero-order valence-corrected chi connectivity index (χ0v) is 14.1. The summed E-state index contributed by atoms with van der Waals surface area (Å²) in [4.78, 5) is 24.1. The molecule has 0 atom stereocenters. The van der Waals surface area contributed by atoms with Gasteiger partial charge in [0.2, 0.25) is 0 Å². The first-order valence-electron chi connectivity index (χ1n) is 7.39. The lowest BCUT2D eigenvalue weighted by molar-refractivity contribution is 0.542. The maximum absolute atomic E-state index is 13.4. The van der Waals surface area contributed by atoms with Crippen molar-refractivity contribution < 1.29 is 4.39 Å². The summed E-state index contributed by atoms with van der Waals surface area (Å²) in [6.45, 7) is 4.12. The van der Waals surface area contributed by atoms with E-state index >= 15 is 0 Å². The molecule has 126 valence electrons. The maximum atomic E-state index is 13.4. The molecule has 0 spiro atoms. The van der Waals surface area contributed by atoms with Gasteiger partial charge in [0.05, 0.1) is 0 Å². The summed E-state index contributed by atoms with van der Waals surface area (Å²) in [7, 11) is 2.81. The highest BCUT2D eigenvalue weighted by molar-refractivity contribution is 5.51. The van der Waals surface area contributed by atoms with Crippen molar-refractivity contribution >= 4 is 5.82 Å². The van der Waals surface area contributed by atoms with Crippen LogP contribution in [0.2, 0.25) is 0 Å². The summed E-state index contributed by atoms with van der Waals surface area (Å²) in [6.07, 6.45) is 0. The summed E-state index contributed by atoms with van der Waals surface area (Å²) in [5.74, 6) is -0.172. The third-order valence-electron chi connectivity index (χ3n) is 4.08. The Labute approximate surface area is 138 Å². The Morgan fingerprint density at radius 3 is 2.50 bits per heavy atom. The predicted octanol–water partition coefficient (Wildman–Crippen LogP) is 1.48. The van der Waals surface area contributed by atoms with Crippen LogP contribution in [0, 0.1) is 17.1 Å². The van der Waals surface area contributed by atoms with Gasteiger partial charge in [0.15, 0.2) is 5.56 Å². The molecule has 1 aromatic carbocycles. The van der Waals surface area contributed by atoms with E-state index in [2.05, 4.69) is 5.32 Å². The molecule has 1 aromatic heterocycles. The van der Waals surface area contributed by atoms with E-state index in [4.69, 9.17) is 0 Å². The van der Waals surface area contributed by atoms with Crippen LogP contribution >= 0.6 is 0 Å². The van der Waals surface area contributed by atoms with Crippen LogP contribution in [0.4, 0.5) is 10.2 Å². The summed E-state index contributed by atoms with van der Waals surface area (Å²) in [5.41, 5.74) is -1.01. The monoisotopic (exact) mass is 330 g/mol. The Hall–Kier alpha value is -2.88. The van der Waals surface area contributed by atoms with E-state index in [1.54, 1.807) is 12.1 Å². The second-order valence-electron chi connectivity index (χ2n) is 6.29. The first-order valence-corrected chi connectivity index (χ1v) is 7.39. The topological polar surface area (TPSA) is 79.8 Å². The van der Waals surface area contributed by atoms with Crippen molar-refractivity contribution in [1.29, 1.82) is 5.26 Å². The molecule has 2 aromatic rings. The highest BCUT2D eigenvalue weighted by atomic mass is 19.1. The molecule has 2 rings (SSSR count). The van der Waals surface area contributed by atoms with Crippen molar-refractivity contribution in [2.75, 3.05) is 11.9 Å². The molecule has 0 saturated carbocycles. The zero-order chi connectivity index (χ0) is 18.1. The number of nitriles is 1. The Morgan fingerprint density at radius 2 is 1.92 bits per heavy atom. The van der Waals surface area contributed by atoms with Gasteiger partial charge in [0.1, 0.15) is 17.7 Å². The molecule has 0 saturated heterocycles. The quantitative estimate of drug-likeness (QED) is 0.921. The fourth-order valence-electron chi connectivity index (χ4n) is 2.47. The smallest absolute Gasteiger partial charge is 0.332 e. The average molecular weight is 330 g/mol. The van der Waals surface area contributed by atoms with E-state index in [1.165, 1.54) is 30.8 Å². The van der Waals surface area contributed by atoms with Gasteiger partial charge in [-0.3, -0.25) is 13.9 Å². The molecule has 1 heterocycles. The van der Waals surface area contributed by atoms with E-state index in [9.17, 15) is 19.2 Å². The van der Waals surface area contributed by atoms with Gasteiger partial charge in [0.25, 0.3) is 5.56 Å². The van der Waals surface area contributed by atoms with E-state index < -0.39 is 16.7 Å². The molecule has 0 bridgehead atoms. The van der Waals surface area contributed by atoms with Crippen LogP contribution in [-0.2, 0) is 19.5 Å². The van der Waals surface area contributed by atoms with Crippen molar-refractivity contribution in [2.24, 2.45) is 14.1 Å². The normalized spacial score (nSPS) is 11.2. The van der Waals surface area contributed by atoms with E-state index in [0.29, 0.717) is 6.54 Å². The second-order valence-corrected chi connectivity index (χ2v) is 6.29. The van der Waals surface area contributed by atoms with Gasteiger partial charge in [-0.1, -0.05) is 26.0 Å². The minimum atomic E-state index is -0.647. The van der Waals surface area contributed by atoms with Crippen molar-refractivity contribution in [3.63, 3.8) is 0 Å². The molecule has 0 aliphatic carbocycles. The van der Waals surface area contributed by atoms with Gasteiger partial charge in [-0.15, -0.1) is 0 Å². The summed E-state index contributed by atoms with van der Waals surface area (Å²) < 4.78 is 15.6. The first kappa shape index (κ1) is 17.5. The fourth-order valence-corrected chi connectivity index (χ4v) is 2.47. The van der Waals surface area contributed by atoms with Crippen molar-refractivity contribution in [2.45, 2.75) is 19.3 Å². The number of nitrogens with one attached hydrogen (secondary N) is 1. The van der Waals surface area contributed by atoms with Gasteiger partial charge in [-0.25, -0.2) is 9.18 Å². The molecule has 7 heteroatoms. The van der Waals surface area contributed by atoms with Gasteiger partial charge in [-0.2, -0.15) is 5.26 Å². The van der Waals surface area contributed by atoms with Crippen LogP contribution in [0.25, 0.3) is 0 Å². The number of nitrogens with zero attached hydrogens (tertiary/aromatic N) is 3. The van der Waals surface area contributed by atoms with Crippen LogP contribution in [0.3, 0.4) is 0 Å². The van der Waals surface area contributed by atoms with Gasteiger partial charge in [0, 0.05) is 26.1 Å². The van der Waals surface area contributed by atoms with Crippen LogP contribution in [0.15, 0.2) is 33.9 Å². The molecule has 1 N–H and O–H groups in total. The SMILES string of the molecule is Cn1c(NCC(C)(C)c2cccc(F)c2)c(C#N)c(=O)n(C)c1=O. The number of halogens is 1. The summed E-state index contributed by atoms with van der Waals surface area (Å²) in [5, 5.41) is 12.3. The molecule has 0 radical (unpaired) electrons. The van der Waals surface area contributed by atoms with Gasteiger partial charge < -0.3 is 5.32 Å². The minimum absolute atomic E-state index is 0.130. The zero-order valence-electron chi connectivity index (χ0n) is 14.1. The third-order valence-corrected chi connectivity index (χ3v) is 4.08. The lowest BCUT2D eigenvalue weighted by atomic mass is 9.84. The maximum Gasteiger partial charge on any atom is 0.332 e. The van der Waals surface area contributed by atoms with Crippen LogP contribution in [-0.4, -0.2) is 15.7 Å². The van der Waals surface area contributed by atoms with E-state index in [-0.39, 0.29) is 17.2 Å². The largest absolute Gasteiger partial charge is 0.369 e. The van der Waals surface area contributed by atoms with Crippen molar-refractivity contribution in [3.8, 4) is 6.07 Å².